The molecule has 0 aromatic heterocycles. The van der Waals surface area contributed by atoms with E-state index in [-0.39, 0.29) is 5.78 Å². The first-order valence-electron chi connectivity index (χ1n) is 4.31. The second-order valence-corrected chi connectivity index (χ2v) is 3.33. The summed E-state index contributed by atoms with van der Waals surface area (Å²) in [6, 6.07) is 9.69. The van der Waals surface area contributed by atoms with Gasteiger partial charge in [0.15, 0.2) is 0 Å². The van der Waals surface area contributed by atoms with Gasteiger partial charge in [-0.1, -0.05) is 36.4 Å². The minimum absolute atomic E-state index is 0.119. The van der Waals surface area contributed by atoms with Gasteiger partial charge in [0.05, 0.1) is 5.41 Å². The molecular weight excluding hydrogens is 160 g/mol. The third-order valence-electron chi connectivity index (χ3n) is 2.51. The molecule has 0 saturated heterocycles. The van der Waals surface area contributed by atoms with Gasteiger partial charge < -0.3 is 0 Å². The minimum atomic E-state index is -0.540. The molecule has 0 bridgehead atoms. The number of hydrogen-bond donors (Lipinski definition) is 0. The van der Waals surface area contributed by atoms with Gasteiger partial charge in [0, 0.05) is 0 Å². The Bertz CT molecular complexity index is 313. The van der Waals surface area contributed by atoms with Crippen LogP contribution in [0.25, 0.3) is 0 Å². The van der Waals surface area contributed by atoms with Crippen LogP contribution in [0.2, 0.25) is 0 Å². The number of hydrogen-bond acceptors (Lipinski definition) is 1. The van der Waals surface area contributed by atoms with Gasteiger partial charge in [-0.3, -0.25) is 4.79 Å². The van der Waals surface area contributed by atoms with E-state index in [1.165, 1.54) is 0 Å². The molecular formula is C12H14O. The SMILES string of the molecule is C=CC(C)(C(C)=O)c1ccccc1. The normalized spacial score (nSPS) is 14.6. The molecule has 1 aromatic carbocycles. The summed E-state index contributed by atoms with van der Waals surface area (Å²) >= 11 is 0. The van der Waals surface area contributed by atoms with Crippen LogP contribution in [-0.4, -0.2) is 5.78 Å². The van der Waals surface area contributed by atoms with Crippen molar-refractivity contribution >= 4 is 5.78 Å². The summed E-state index contributed by atoms with van der Waals surface area (Å²) in [5.41, 5.74) is 0.457. The fourth-order valence-corrected chi connectivity index (χ4v) is 1.25. The lowest BCUT2D eigenvalue weighted by atomic mass is 9.79. The fraction of sp³-hybridized carbons (Fsp3) is 0.250. The average molecular weight is 174 g/mol. The molecule has 1 rings (SSSR count). The van der Waals surface area contributed by atoms with E-state index in [0.717, 1.165) is 5.56 Å². The summed E-state index contributed by atoms with van der Waals surface area (Å²) in [6.45, 7) is 7.19. The van der Waals surface area contributed by atoms with Crippen LogP contribution in [0.4, 0.5) is 0 Å². The first-order chi connectivity index (χ1) is 6.11. The largest absolute Gasteiger partial charge is 0.299 e. The number of rotatable bonds is 3. The lowest BCUT2D eigenvalue weighted by Gasteiger charge is -2.22. The maximum Gasteiger partial charge on any atom is 0.143 e. The molecule has 13 heavy (non-hydrogen) atoms. The van der Waals surface area contributed by atoms with Crippen molar-refractivity contribution in [2.24, 2.45) is 0 Å². The highest BCUT2D eigenvalue weighted by molar-refractivity contribution is 5.89. The Morgan fingerprint density at radius 3 is 2.31 bits per heavy atom. The Hall–Kier alpha value is -1.37. The Labute approximate surface area is 79.1 Å². The maximum absolute atomic E-state index is 11.4. The first kappa shape index (κ1) is 9.72. The van der Waals surface area contributed by atoms with Gasteiger partial charge in [-0.15, -0.1) is 6.58 Å². The number of ketones is 1. The van der Waals surface area contributed by atoms with Crippen LogP contribution in [0, 0.1) is 0 Å². The summed E-state index contributed by atoms with van der Waals surface area (Å²) in [5, 5.41) is 0. The topological polar surface area (TPSA) is 17.1 Å². The van der Waals surface area contributed by atoms with Crippen LogP contribution in [0.3, 0.4) is 0 Å². The molecule has 0 saturated carbocycles. The standard InChI is InChI=1S/C12H14O/c1-4-12(3,10(2)13)11-8-6-5-7-9-11/h4-9H,1H2,2-3H3. The summed E-state index contributed by atoms with van der Waals surface area (Å²) in [4.78, 5) is 11.4. The van der Waals surface area contributed by atoms with Gasteiger partial charge >= 0.3 is 0 Å². The third-order valence-corrected chi connectivity index (χ3v) is 2.51. The third kappa shape index (κ3) is 1.69. The van der Waals surface area contributed by atoms with E-state index in [1.807, 2.05) is 37.3 Å². The molecule has 0 aliphatic rings. The molecule has 1 heteroatoms. The van der Waals surface area contributed by atoms with Gasteiger partial charge in [-0.2, -0.15) is 0 Å². The molecule has 1 unspecified atom stereocenters. The Kier molecular flexibility index (Phi) is 2.66. The second-order valence-electron chi connectivity index (χ2n) is 3.33. The molecule has 0 aliphatic carbocycles. The number of allylic oxidation sites excluding steroid dienone is 1. The molecule has 0 aliphatic heterocycles. The van der Waals surface area contributed by atoms with Crippen LogP contribution in [0.15, 0.2) is 43.0 Å². The smallest absolute Gasteiger partial charge is 0.143 e. The average Bonchev–Trinajstić information content (AvgIpc) is 2.17. The predicted molar refractivity (Wildman–Crippen MR) is 54.7 cm³/mol. The van der Waals surface area contributed by atoms with Crippen molar-refractivity contribution in [1.29, 1.82) is 0 Å². The lowest BCUT2D eigenvalue weighted by molar-refractivity contribution is -0.120. The number of carbonyl (C=O) groups excluding carboxylic acids is 1. The molecule has 1 aromatic rings. The minimum Gasteiger partial charge on any atom is -0.299 e. The van der Waals surface area contributed by atoms with Crippen LogP contribution < -0.4 is 0 Å². The van der Waals surface area contributed by atoms with E-state index in [1.54, 1.807) is 13.0 Å². The predicted octanol–water partition coefficient (Wildman–Crippen LogP) is 2.72. The van der Waals surface area contributed by atoms with Gasteiger partial charge in [-0.25, -0.2) is 0 Å². The summed E-state index contributed by atoms with van der Waals surface area (Å²) in [7, 11) is 0. The van der Waals surface area contributed by atoms with E-state index >= 15 is 0 Å². The first-order valence-corrected chi connectivity index (χ1v) is 4.31. The molecule has 1 nitrogen and oxygen atoms in total. The van der Waals surface area contributed by atoms with Crippen LogP contribution in [-0.2, 0) is 10.2 Å². The number of benzene rings is 1. The van der Waals surface area contributed by atoms with Crippen molar-refractivity contribution in [2.45, 2.75) is 19.3 Å². The zero-order chi connectivity index (χ0) is 9.90. The van der Waals surface area contributed by atoms with Crippen LogP contribution in [0.1, 0.15) is 19.4 Å². The van der Waals surface area contributed by atoms with Gasteiger partial charge in [0.2, 0.25) is 0 Å². The zero-order valence-electron chi connectivity index (χ0n) is 8.08. The Balaban J connectivity index is 3.18. The molecule has 0 radical (unpaired) electrons. The van der Waals surface area contributed by atoms with Crippen molar-refractivity contribution in [3.05, 3.63) is 48.6 Å². The Morgan fingerprint density at radius 1 is 1.38 bits per heavy atom. The van der Waals surface area contributed by atoms with Crippen molar-refractivity contribution in [3.63, 3.8) is 0 Å². The zero-order valence-corrected chi connectivity index (χ0v) is 8.08. The van der Waals surface area contributed by atoms with Crippen molar-refractivity contribution in [2.75, 3.05) is 0 Å². The van der Waals surface area contributed by atoms with Gasteiger partial charge in [0.25, 0.3) is 0 Å². The van der Waals surface area contributed by atoms with Gasteiger partial charge in [-0.05, 0) is 19.4 Å². The molecule has 0 spiro atoms. The Morgan fingerprint density at radius 2 is 1.92 bits per heavy atom. The fourth-order valence-electron chi connectivity index (χ4n) is 1.25. The molecule has 0 N–H and O–H groups in total. The second kappa shape index (κ2) is 3.56. The van der Waals surface area contributed by atoms with E-state index < -0.39 is 5.41 Å². The quantitative estimate of drug-likeness (QED) is 0.644. The van der Waals surface area contributed by atoms with Crippen LogP contribution >= 0.6 is 0 Å². The molecule has 0 amide bonds. The van der Waals surface area contributed by atoms with Crippen LogP contribution in [0.5, 0.6) is 0 Å². The summed E-state index contributed by atoms with van der Waals surface area (Å²) in [6.07, 6.45) is 1.70. The summed E-state index contributed by atoms with van der Waals surface area (Å²) in [5.74, 6) is 0.119. The van der Waals surface area contributed by atoms with Crippen molar-refractivity contribution < 1.29 is 4.79 Å². The highest BCUT2D eigenvalue weighted by atomic mass is 16.1. The molecule has 0 heterocycles. The number of carbonyl (C=O) groups is 1. The monoisotopic (exact) mass is 174 g/mol. The molecule has 68 valence electrons. The van der Waals surface area contributed by atoms with Crippen molar-refractivity contribution in [1.82, 2.24) is 0 Å². The van der Waals surface area contributed by atoms with E-state index in [9.17, 15) is 4.79 Å². The molecule has 0 fully saturated rings. The highest BCUT2D eigenvalue weighted by Gasteiger charge is 2.27. The van der Waals surface area contributed by atoms with Gasteiger partial charge in [0.1, 0.15) is 5.78 Å². The molecule has 1 atom stereocenters. The highest BCUT2D eigenvalue weighted by Crippen LogP contribution is 2.25. The van der Waals surface area contributed by atoms with Crippen molar-refractivity contribution in [3.8, 4) is 0 Å². The summed E-state index contributed by atoms with van der Waals surface area (Å²) < 4.78 is 0. The van der Waals surface area contributed by atoms with E-state index in [0.29, 0.717) is 0 Å². The van der Waals surface area contributed by atoms with E-state index in [4.69, 9.17) is 0 Å². The maximum atomic E-state index is 11.4. The van der Waals surface area contributed by atoms with E-state index in [2.05, 4.69) is 6.58 Å². The lowest BCUT2D eigenvalue weighted by Crippen LogP contribution is -2.27. The number of Topliss-reactive ketones (excluding diaryl/α,β-unsaturated/α-hetero) is 1.